The summed E-state index contributed by atoms with van der Waals surface area (Å²) in [6.07, 6.45) is 3.92. The lowest BCUT2D eigenvalue weighted by Gasteiger charge is -2.50. The van der Waals surface area contributed by atoms with Gasteiger partial charge in [-0.3, -0.25) is 4.79 Å². The summed E-state index contributed by atoms with van der Waals surface area (Å²) in [4.78, 5) is 26.5. The summed E-state index contributed by atoms with van der Waals surface area (Å²) in [6, 6.07) is 9.79. The molecule has 1 aromatic heterocycles. The average molecular weight is 380 g/mol. The van der Waals surface area contributed by atoms with E-state index in [-0.39, 0.29) is 17.4 Å². The van der Waals surface area contributed by atoms with Crippen molar-refractivity contribution in [1.29, 1.82) is 0 Å². The summed E-state index contributed by atoms with van der Waals surface area (Å²) in [5.41, 5.74) is 1.89. The quantitative estimate of drug-likeness (QED) is 0.866. The summed E-state index contributed by atoms with van der Waals surface area (Å²) in [6.45, 7) is 4.86. The molecule has 4 rings (SSSR count). The molecule has 1 spiro atoms. The van der Waals surface area contributed by atoms with Gasteiger partial charge in [-0.1, -0.05) is 30.3 Å². The van der Waals surface area contributed by atoms with E-state index in [0.717, 1.165) is 37.9 Å². The van der Waals surface area contributed by atoms with Gasteiger partial charge in [-0.25, -0.2) is 9.97 Å². The molecule has 0 aliphatic carbocycles. The second kappa shape index (κ2) is 7.60. The van der Waals surface area contributed by atoms with Crippen molar-refractivity contribution in [3.05, 3.63) is 47.9 Å². The van der Waals surface area contributed by atoms with E-state index in [9.17, 15) is 9.90 Å². The van der Waals surface area contributed by atoms with Crippen LogP contribution in [-0.2, 0) is 0 Å². The predicted molar refractivity (Wildman–Crippen MR) is 108 cm³/mol. The Labute approximate surface area is 166 Å². The number of aliphatic hydroxyl groups is 1. The Hall–Kier alpha value is -2.31. The molecule has 1 amide bonds. The Balaban J connectivity index is 1.65. The summed E-state index contributed by atoms with van der Waals surface area (Å²) < 4.78 is 0. The summed E-state index contributed by atoms with van der Waals surface area (Å²) in [5.74, 6) is 0.605. The van der Waals surface area contributed by atoms with E-state index in [1.807, 2.05) is 42.2 Å². The van der Waals surface area contributed by atoms with E-state index in [1.54, 1.807) is 6.20 Å². The number of carbonyl (C=O) groups excluding carboxylic acids is 1. The van der Waals surface area contributed by atoms with Gasteiger partial charge in [-0.05, 0) is 33.2 Å². The first kappa shape index (κ1) is 19.0. The molecule has 28 heavy (non-hydrogen) atoms. The fraction of sp³-hybridized carbons (Fsp3) is 0.500. The van der Waals surface area contributed by atoms with Gasteiger partial charge in [0.1, 0.15) is 5.82 Å². The first-order valence-electron chi connectivity index (χ1n) is 10.0. The molecule has 2 fully saturated rings. The van der Waals surface area contributed by atoms with Crippen LogP contribution in [0.4, 0.5) is 0 Å². The van der Waals surface area contributed by atoms with Crippen molar-refractivity contribution in [2.45, 2.75) is 32.3 Å². The minimum absolute atomic E-state index is 0.0432. The number of piperidine rings is 2. The standard InChI is InChI=1S/C22H28N4O2/c1-16-23-13-18(20(24-16)17-7-4-3-5-8-17)21(28)26-11-6-10-22(15-26)14-25(2)12-9-19(22)27/h3-5,7-8,13,19,27H,6,9-12,14-15H2,1-2H3/t19-,22-/m0/s1. The molecule has 2 atom stereocenters. The van der Waals surface area contributed by atoms with Crippen molar-refractivity contribution >= 4 is 5.91 Å². The highest BCUT2D eigenvalue weighted by molar-refractivity contribution is 5.99. The Morgan fingerprint density at radius 1 is 1.21 bits per heavy atom. The van der Waals surface area contributed by atoms with Crippen LogP contribution in [0.3, 0.4) is 0 Å². The van der Waals surface area contributed by atoms with E-state index < -0.39 is 0 Å². The third-order valence-corrected chi connectivity index (χ3v) is 6.16. The first-order valence-corrected chi connectivity index (χ1v) is 10.0. The SMILES string of the molecule is Cc1ncc(C(=O)N2CCC[C@]3(CN(C)CC[C@@H]3O)C2)c(-c2ccccc2)n1. The van der Waals surface area contributed by atoms with Gasteiger partial charge in [0.25, 0.3) is 5.91 Å². The lowest BCUT2D eigenvalue weighted by atomic mass is 9.71. The molecule has 2 saturated heterocycles. The summed E-state index contributed by atoms with van der Waals surface area (Å²) in [7, 11) is 2.09. The molecule has 3 heterocycles. The fourth-order valence-electron chi connectivity index (χ4n) is 4.72. The average Bonchev–Trinajstić information content (AvgIpc) is 2.71. The van der Waals surface area contributed by atoms with E-state index in [0.29, 0.717) is 30.2 Å². The number of carbonyl (C=O) groups is 1. The molecular weight excluding hydrogens is 352 g/mol. The Morgan fingerprint density at radius 3 is 2.79 bits per heavy atom. The molecule has 2 aliphatic rings. The zero-order valence-corrected chi connectivity index (χ0v) is 16.6. The van der Waals surface area contributed by atoms with Gasteiger partial charge in [0.2, 0.25) is 0 Å². The number of nitrogens with zero attached hydrogens (tertiary/aromatic N) is 4. The lowest BCUT2D eigenvalue weighted by Crippen LogP contribution is -2.59. The van der Waals surface area contributed by atoms with Crippen molar-refractivity contribution in [2.24, 2.45) is 5.41 Å². The molecule has 1 aromatic carbocycles. The molecule has 6 nitrogen and oxygen atoms in total. The molecule has 1 N–H and O–H groups in total. The van der Waals surface area contributed by atoms with Gasteiger partial charge >= 0.3 is 0 Å². The molecule has 6 heteroatoms. The second-order valence-corrected chi connectivity index (χ2v) is 8.28. The Bertz CT molecular complexity index is 857. The number of benzene rings is 1. The van der Waals surface area contributed by atoms with Crippen LogP contribution >= 0.6 is 0 Å². The largest absolute Gasteiger partial charge is 0.392 e. The number of aryl methyl sites for hydroxylation is 1. The molecule has 2 aliphatic heterocycles. The van der Waals surface area contributed by atoms with Gasteiger partial charge in [-0.15, -0.1) is 0 Å². The minimum atomic E-state index is -0.359. The van der Waals surface area contributed by atoms with Gasteiger partial charge in [0.15, 0.2) is 0 Å². The third kappa shape index (κ3) is 3.54. The van der Waals surface area contributed by atoms with Crippen LogP contribution in [0.15, 0.2) is 36.5 Å². The van der Waals surface area contributed by atoms with E-state index >= 15 is 0 Å². The highest BCUT2D eigenvalue weighted by Crippen LogP contribution is 2.39. The van der Waals surface area contributed by atoms with Gasteiger partial charge < -0.3 is 14.9 Å². The van der Waals surface area contributed by atoms with E-state index in [1.165, 1.54) is 0 Å². The van der Waals surface area contributed by atoms with Gasteiger partial charge in [0.05, 0.1) is 17.4 Å². The minimum Gasteiger partial charge on any atom is -0.392 e. The van der Waals surface area contributed by atoms with Crippen molar-refractivity contribution in [1.82, 2.24) is 19.8 Å². The lowest BCUT2D eigenvalue weighted by molar-refractivity contribution is -0.0731. The molecule has 148 valence electrons. The van der Waals surface area contributed by atoms with Crippen LogP contribution in [0.25, 0.3) is 11.3 Å². The highest BCUT2D eigenvalue weighted by atomic mass is 16.3. The number of aliphatic hydroxyl groups excluding tert-OH is 1. The van der Waals surface area contributed by atoms with Crippen molar-refractivity contribution in [2.75, 3.05) is 33.2 Å². The topological polar surface area (TPSA) is 69.6 Å². The second-order valence-electron chi connectivity index (χ2n) is 8.28. The number of hydrogen-bond donors (Lipinski definition) is 1. The normalized spacial score (nSPS) is 25.8. The van der Waals surface area contributed by atoms with Crippen molar-refractivity contribution in [3.63, 3.8) is 0 Å². The zero-order chi connectivity index (χ0) is 19.7. The predicted octanol–water partition coefficient (Wildman–Crippen LogP) is 2.37. The fourth-order valence-corrected chi connectivity index (χ4v) is 4.72. The number of aromatic nitrogens is 2. The molecule has 0 saturated carbocycles. The smallest absolute Gasteiger partial charge is 0.257 e. The number of hydrogen-bond acceptors (Lipinski definition) is 5. The maximum atomic E-state index is 13.5. The monoisotopic (exact) mass is 380 g/mol. The van der Waals surface area contributed by atoms with Gasteiger partial charge in [0, 0.05) is 43.4 Å². The number of likely N-dealkylation sites (tertiary alicyclic amines) is 2. The molecule has 0 bridgehead atoms. The maximum absolute atomic E-state index is 13.5. The van der Waals surface area contributed by atoms with E-state index in [4.69, 9.17) is 0 Å². The highest BCUT2D eigenvalue weighted by Gasteiger charge is 2.45. The first-order chi connectivity index (χ1) is 13.5. The maximum Gasteiger partial charge on any atom is 0.257 e. The van der Waals surface area contributed by atoms with Gasteiger partial charge in [-0.2, -0.15) is 0 Å². The van der Waals surface area contributed by atoms with Crippen molar-refractivity contribution in [3.8, 4) is 11.3 Å². The molecule has 0 unspecified atom stereocenters. The van der Waals surface area contributed by atoms with Crippen LogP contribution in [0.5, 0.6) is 0 Å². The summed E-state index contributed by atoms with van der Waals surface area (Å²) >= 11 is 0. The number of amides is 1. The van der Waals surface area contributed by atoms with Crippen LogP contribution in [0, 0.1) is 12.3 Å². The zero-order valence-electron chi connectivity index (χ0n) is 16.6. The van der Waals surface area contributed by atoms with E-state index in [2.05, 4.69) is 21.9 Å². The molecule has 0 radical (unpaired) electrons. The van der Waals surface area contributed by atoms with Crippen LogP contribution < -0.4 is 0 Å². The summed E-state index contributed by atoms with van der Waals surface area (Å²) in [5, 5.41) is 10.8. The molecule has 2 aromatic rings. The van der Waals surface area contributed by atoms with Crippen molar-refractivity contribution < 1.29 is 9.90 Å². The van der Waals surface area contributed by atoms with Crippen LogP contribution in [-0.4, -0.2) is 70.1 Å². The van der Waals surface area contributed by atoms with Crippen LogP contribution in [0.2, 0.25) is 0 Å². The molecular formula is C22H28N4O2. The Kier molecular flexibility index (Phi) is 5.17. The Morgan fingerprint density at radius 2 is 2.00 bits per heavy atom. The number of rotatable bonds is 2. The third-order valence-electron chi connectivity index (χ3n) is 6.16. The van der Waals surface area contributed by atoms with Crippen LogP contribution in [0.1, 0.15) is 35.4 Å².